The van der Waals surface area contributed by atoms with Crippen LogP contribution in [0.15, 0.2) is 52.9 Å². The molecule has 2 atom stereocenters. The van der Waals surface area contributed by atoms with Gasteiger partial charge in [-0.3, -0.25) is 4.90 Å². The van der Waals surface area contributed by atoms with Gasteiger partial charge in [0.2, 0.25) is 5.76 Å². The van der Waals surface area contributed by atoms with Gasteiger partial charge in [0.1, 0.15) is 0 Å². The van der Waals surface area contributed by atoms with E-state index in [0.29, 0.717) is 17.3 Å². The molecule has 0 unspecified atom stereocenters. The molecule has 4 rings (SSSR count). The van der Waals surface area contributed by atoms with Crippen molar-refractivity contribution >= 4 is 29.3 Å². The maximum atomic E-state index is 11.9. The van der Waals surface area contributed by atoms with Crippen LogP contribution in [0.2, 0.25) is 0 Å². The van der Waals surface area contributed by atoms with Crippen molar-refractivity contribution in [1.82, 2.24) is 4.90 Å². The van der Waals surface area contributed by atoms with E-state index in [1.165, 1.54) is 12.7 Å². The number of carbonyl (C=O) groups is 1. The molecule has 2 heterocycles. The van der Waals surface area contributed by atoms with E-state index in [0.717, 1.165) is 30.6 Å². The largest absolute Gasteiger partial charge is 0.493 e. The molecule has 0 aliphatic carbocycles. The van der Waals surface area contributed by atoms with Crippen molar-refractivity contribution in [2.75, 3.05) is 27.3 Å². The van der Waals surface area contributed by atoms with E-state index < -0.39 is 5.97 Å². The van der Waals surface area contributed by atoms with Gasteiger partial charge < -0.3 is 19.6 Å². The van der Waals surface area contributed by atoms with Crippen molar-refractivity contribution in [3.8, 4) is 5.75 Å². The third-order valence-corrected chi connectivity index (χ3v) is 5.41. The van der Waals surface area contributed by atoms with Crippen LogP contribution in [0.5, 0.6) is 5.75 Å². The normalized spacial score (nSPS) is 19.1. The minimum Gasteiger partial charge on any atom is -0.493 e. The van der Waals surface area contributed by atoms with E-state index >= 15 is 0 Å². The third kappa shape index (κ3) is 4.10. The highest BCUT2D eigenvalue weighted by molar-refractivity contribution is 5.95. The lowest BCUT2D eigenvalue weighted by Crippen LogP contribution is -2.28. The van der Waals surface area contributed by atoms with Gasteiger partial charge in [0.05, 0.1) is 14.2 Å². The first-order valence-corrected chi connectivity index (χ1v) is 9.31. The second kappa shape index (κ2) is 8.86. The lowest BCUT2D eigenvalue weighted by atomic mass is 9.95. The van der Waals surface area contributed by atoms with Crippen LogP contribution in [0.25, 0.3) is 11.0 Å². The molecule has 0 bridgehead atoms. The second-order valence-electron chi connectivity index (χ2n) is 7.15. The number of esters is 1. The van der Waals surface area contributed by atoms with E-state index in [9.17, 15) is 4.79 Å². The Balaban J connectivity index is 0.00000240. The molecule has 2 aromatic carbocycles. The smallest absolute Gasteiger partial charge is 0.373 e. The molecule has 0 spiro atoms. The minimum atomic E-state index is -0.503. The molecule has 1 aliphatic heterocycles. The summed E-state index contributed by atoms with van der Waals surface area (Å²) in [5, 5.41) is 0.858. The van der Waals surface area contributed by atoms with Crippen LogP contribution in [0.1, 0.15) is 27.6 Å². The second-order valence-corrected chi connectivity index (χ2v) is 7.15. The molecule has 6 nitrogen and oxygen atoms in total. The molecule has 2 N–H and O–H groups in total. The molecular weight excluding hydrogens is 392 g/mol. The number of furan rings is 1. The van der Waals surface area contributed by atoms with Crippen LogP contribution in [0.4, 0.5) is 0 Å². The van der Waals surface area contributed by atoms with Crippen molar-refractivity contribution in [3.05, 3.63) is 65.4 Å². The van der Waals surface area contributed by atoms with Gasteiger partial charge >= 0.3 is 5.97 Å². The molecule has 3 aromatic rings. The molecule has 1 aromatic heterocycles. The lowest BCUT2D eigenvalue weighted by Gasteiger charge is -2.17. The predicted molar refractivity (Wildman–Crippen MR) is 114 cm³/mol. The van der Waals surface area contributed by atoms with Crippen LogP contribution in [0, 0.1) is 0 Å². The summed E-state index contributed by atoms with van der Waals surface area (Å²) in [6.45, 7) is 2.42. The first-order chi connectivity index (χ1) is 13.6. The van der Waals surface area contributed by atoms with Gasteiger partial charge in [-0.25, -0.2) is 4.79 Å². The Hall–Kier alpha value is -2.54. The average Bonchev–Trinajstić information content (AvgIpc) is 3.32. The zero-order valence-corrected chi connectivity index (χ0v) is 17.3. The Labute approximate surface area is 176 Å². The number of nitrogens with zero attached hydrogens (tertiary/aromatic N) is 1. The van der Waals surface area contributed by atoms with Gasteiger partial charge in [0.15, 0.2) is 11.3 Å². The summed E-state index contributed by atoms with van der Waals surface area (Å²) in [6, 6.07) is 16.1. The molecule has 0 amide bonds. The van der Waals surface area contributed by atoms with Gasteiger partial charge in [-0.2, -0.15) is 0 Å². The summed E-state index contributed by atoms with van der Waals surface area (Å²) in [5.41, 5.74) is 9.33. The maximum Gasteiger partial charge on any atom is 0.373 e. The molecule has 1 saturated heterocycles. The number of benzene rings is 2. The number of methoxy groups -OCH3 is 2. The van der Waals surface area contributed by atoms with Crippen LogP contribution >= 0.6 is 12.4 Å². The number of ether oxygens (including phenoxy) is 2. The summed E-state index contributed by atoms with van der Waals surface area (Å²) >= 11 is 0. The van der Waals surface area contributed by atoms with Crippen molar-refractivity contribution < 1.29 is 18.7 Å². The highest BCUT2D eigenvalue weighted by atomic mass is 35.5. The number of likely N-dealkylation sites (tertiary alicyclic amines) is 1. The topological polar surface area (TPSA) is 77.9 Å². The fourth-order valence-electron chi connectivity index (χ4n) is 3.99. The Kier molecular flexibility index (Phi) is 6.47. The van der Waals surface area contributed by atoms with Crippen molar-refractivity contribution in [2.45, 2.75) is 18.5 Å². The zero-order valence-electron chi connectivity index (χ0n) is 16.5. The summed E-state index contributed by atoms with van der Waals surface area (Å²) in [6.07, 6.45) is 0. The van der Waals surface area contributed by atoms with Gasteiger partial charge in [-0.1, -0.05) is 36.4 Å². The number of hydrogen-bond donors (Lipinski definition) is 1. The molecule has 0 saturated carbocycles. The van der Waals surface area contributed by atoms with E-state index in [2.05, 4.69) is 29.2 Å². The van der Waals surface area contributed by atoms with E-state index in [-0.39, 0.29) is 24.2 Å². The van der Waals surface area contributed by atoms with Gasteiger partial charge in [0.25, 0.3) is 0 Å². The molecular formula is C22H25ClN2O4. The fourth-order valence-corrected chi connectivity index (χ4v) is 3.99. The molecule has 0 radical (unpaired) electrons. The number of fused-ring (bicyclic) bond motifs is 1. The maximum absolute atomic E-state index is 11.9. The van der Waals surface area contributed by atoms with Gasteiger partial charge in [-0.05, 0) is 23.3 Å². The first kappa shape index (κ1) is 21.2. The Bertz CT molecular complexity index is 989. The Morgan fingerprint density at radius 2 is 1.93 bits per heavy atom. The van der Waals surface area contributed by atoms with Crippen LogP contribution in [-0.4, -0.2) is 44.2 Å². The van der Waals surface area contributed by atoms with Crippen LogP contribution in [0.3, 0.4) is 0 Å². The fraction of sp³-hybridized carbons (Fsp3) is 0.318. The van der Waals surface area contributed by atoms with Crippen molar-refractivity contribution in [3.63, 3.8) is 0 Å². The number of hydrogen-bond acceptors (Lipinski definition) is 6. The summed E-state index contributed by atoms with van der Waals surface area (Å²) in [7, 11) is 2.92. The van der Waals surface area contributed by atoms with Crippen LogP contribution < -0.4 is 10.5 Å². The quantitative estimate of drug-likeness (QED) is 0.640. The number of carbonyl (C=O) groups excluding carboxylic acids is 1. The molecule has 7 heteroatoms. The number of rotatable bonds is 5. The number of halogens is 1. The van der Waals surface area contributed by atoms with Crippen molar-refractivity contribution in [1.29, 1.82) is 0 Å². The van der Waals surface area contributed by atoms with Gasteiger partial charge in [-0.15, -0.1) is 12.4 Å². The van der Waals surface area contributed by atoms with E-state index in [4.69, 9.17) is 19.6 Å². The molecule has 154 valence electrons. The van der Waals surface area contributed by atoms with Crippen molar-refractivity contribution in [2.24, 2.45) is 5.73 Å². The van der Waals surface area contributed by atoms with Crippen LogP contribution in [-0.2, 0) is 11.3 Å². The summed E-state index contributed by atoms with van der Waals surface area (Å²) < 4.78 is 15.9. The molecule has 1 fully saturated rings. The highest BCUT2D eigenvalue weighted by Crippen LogP contribution is 2.34. The molecule has 1 aliphatic rings. The van der Waals surface area contributed by atoms with E-state index in [1.807, 2.05) is 18.2 Å². The predicted octanol–water partition coefficient (Wildman–Crippen LogP) is 3.58. The lowest BCUT2D eigenvalue weighted by molar-refractivity contribution is 0.0567. The third-order valence-electron chi connectivity index (χ3n) is 5.41. The number of nitrogens with two attached hydrogens (primary N) is 1. The molecule has 29 heavy (non-hydrogen) atoms. The summed E-state index contributed by atoms with van der Waals surface area (Å²) in [5.74, 6) is 0.569. The monoisotopic (exact) mass is 416 g/mol. The standard InChI is InChI=1S/C22H24N2O4.ClH/c1-26-19-9-8-15(16-10-20(22(25)27-2)28-21(16)19)11-24-12-17(18(23)13-24)14-6-4-3-5-7-14;/h3-10,17-18H,11-13,23H2,1-2H3;1H/t17-,18+;/m0./s1. The Morgan fingerprint density at radius 1 is 1.17 bits per heavy atom. The minimum absolute atomic E-state index is 0. The van der Waals surface area contributed by atoms with Gasteiger partial charge in [0, 0.05) is 37.0 Å². The zero-order chi connectivity index (χ0) is 19.7. The van der Waals surface area contributed by atoms with E-state index in [1.54, 1.807) is 13.2 Å². The summed E-state index contributed by atoms with van der Waals surface area (Å²) in [4.78, 5) is 14.2. The Morgan fingerprint density at radius 3 is 2.62 bits per heavy atom. The first-order valence-electron chi connectivity index (χ1n) is 9.31. The average molecular weight is 417 g/mol. The SMILES string of the molecule is COC(=O)c1cc2c(CN3C[C@@H](N)[C@H](c4ccccc4)C3)ccc(OC)c2o1.Cl. The highest BCUT2D eigenvalue weighted by Gasteiger charge is 2.31.